The van der Waals surface area contributed by atoms with E-state index < -0.39 is 0 Å². The van der Waals surface area contributed by atoms with E-state index in [1.807, 2.05) is 58.2 Å². The quantitative estimate of drug-likeness (QED) is 0.721. The molecule has 0 aliphatic heterocycles. The van der Waals surface area contributed by atoms with Crippen LogP contribution in [0.1, 0.15) is 25.6 Å². The fourth-order valence-electron chi connectivity index (χ4n) is 2.00. The molecule has 0 amide bonds. The molecule has 0 aliphatic rings. The third-order valence-electron chi connectivity index (χ3n) is 3.16. The van der Waals surface area contributed by atoms with Gasteiger partial charge < -0.3 is 4.74 Å². The third-order valence-corrected chi connectivity index (χ3v) is 3.16. The number of ether oxygens (including phenoxy) is 1. The van der Waals surface area contributed by atoms with Gasteiger partial charge in [0.25, 0.3) is 0 Å². The number of nitrogens with zero attached hydrogens (tertiary/aromatic N) is 4. The van der Waals surface area contributed by atoms with Crippen molar-refractivity contribution in [2.45, 2.75) is 26.5 Å². The number of aromatic nitrogens is 4. The summed E-state index contributed by atoms with van der Waals surface area (Å²) in [5, 5.41) is 8.75. The summed E-state index contributed by atoms with van der Waals surface area (Å²) in [4.78, 5) is 0. The highest BCUT2D eigenvalue weighted by Crippen LogP contribution is 2.14. The average Bonchev–Trinajstić information content (AvgIpc) is 3.15. The molecule has 0 unspecified atom stereocenters. The Morgan fingerprint density at radius 1 is 1.14 bits per heavy atom. The lowest BCUT2D eigenvalue weighted by atomic mass is 10.3. The van der Waals surface area contributed by atoms with Gasteiger partial charge in [-0.3, -0.25) is 4.68 Å². The molecular formula is C16H18N4O. The van der Waals surface area contributed by atoms with Gasteiger partial charge in [-0.05, 0) is 32.0 Å². The van der Waals surface area contributed by atoms with Crippen LogP contribution in [-0.4, -0.2) is 19.6 Å². The highest BCUT2D eigenvalue weighted by atomic mass is 16.5. The van der Waals surface area contributed by atoms with Gasteiger partial charge in [0.15, 0.2) is 5.75 Å². The van der Waals surface area contributed by atoms with E-state index in [0.29, 0.717) is 12.6 Å². The Labute approximate surface area is 123 Å². The molecule has 2 aromatic heterocycles. The van der Waals surface area contributed by atoms with Crippen LogP contribution in [0.25, 0.3) is 5.69 Å². The van der Waals surface area contributed by atoms with E-state index in [1.54, 1.807) is 6.20 Å². The Morgan fingerprint density at radius 3 is 2.67 bits per heavy atom. The lowest BCUT2D eigenvalue weighted by Gasteiger charge is -2.03. The predicted octanol–water partition coefficient (Wildman–Crippen LogP) is 3.23. The highest BCUT2D eigenvalue weighted by Gasteiger charge is 2.05. The van der Waals surface area contributed by atoms with Crippen molar-refractivity contribution >= 4 is 0 Å². The van der Waals surface area contributed by atoms with Crippen LogP contribution in [0.3, 0.4) is 0 Å². The van der Waals surface area contributed by atoms with Gasteiger partial charge in [-0.1, -0.05) is 18.2 Å². The fraction of sp³-hybridized carbons (Fsp3) is 0.250. The smallest absolute Gasteiger partial charge is 0.157 e. The number of hydrogen-bond acceptors (Lipinski definition) is 3. The molecule has 2 heterocycles. The van der Waals surface area contributed by atoms with Crippen molar-refractivity contribution in [2.24, 2.45) is 0 Å². The predicted molar refractivity (Wildman–Crippen MR) is 80.5 cm³/mol. The largest absolute Gasteiger partial charge is 0.484 e. The standard InChI is InChI=1S/C16H18N4O/c1-13(2)20-11-16(10-17-20)21-12-14-8-9-19(18-14)15-6-4-3-5-7-15/h3-11,13H,12H2,1-2H3. The maximum atomic E-state index is 5.71. The first-order valence-corrected chi connectivity index (χ1v) is 6.99. The van der Waals surface area contributed by atoms with Crippen LogP contribution >= 0.6 is 0 Å². The topological polar surface area (TPSA) is 44.9 Å². The molecule has 5 nitrogen and oxygen atoms in total. The van der Waals surface area contributed by atoms with Crippen molar-refractivity contribution in [3.05, 3.63) is 60.7 Å². The molecule has 3 rings (SSSR count). The minimum atomic E-state index is 0.333. The Balaban J connectivity index is 1.65. The Morgan fingerprint density at radius 2 is 1.95 bits per heavy atom. The van der Waals surface area contributed by atoms with Crippen molar-refractivity contribution < 1.29 is 4.74 Å². The minimum absolute atomic E-state index is 0.333. The zero-order valence-corrected chi connectivity index (χ0v) is 12.2. The van der Waals surface area contributed by atoms with E-state index >= 15 is 0 Å². The van der Waals surface area contributed by atoms with Crippen molar-refractivity contribution in [3.8, 4) is 11.4 Å². The molecule has 0 aliphatic carbocycles. The maximum absolute atomic E-state index is 5.71. The molecule has 0 saturated heterocycles. The second-order valence-electron chi connectivity index (χ2n) is 5.13. The van der Waals surface area contributed by atoms with E-state index in [-0.39, 0.29) is 0 Å². The van der Waals surface area contributed by atoms with E-state index in [9.17, 15) is 0 Å². The first kappa shape index (κ1) is 13.4. The molecule has 1 aromatic carbocycles. The summed E-state index contributed by atoms with van der Waals surface area (Å²) in [5.74, 6) is 0.762. The van der Waals surface area contributed by atoms with Crippen LogP contribution in [0, 0.1) is 0 Å². The van der Waals surface area contributed by atoms with Crippen LogP contribution < -0.4 is 4.74 Å². The number of rotatable bonds is 5. The molecule has 0 saturated carbocycles. The fourth-order valence-corrected chi connectivity index (χ4v) is 2.00. The number of para-hydroxylation sites is 1. The third kappa shape index (κ3) is 3.13. The summed E-state index contributed by atoms with van der Waals surface area (Å²) in [7, 11) is 0. The van der Waals surface area contributed by atoms with E-state index in [1.165, 1.54) is 0 Å². The molecule has 3 aromatic rings. The van der Waals surface area contributed by atoms with Crippen LogP contribution in [0.5, 0.6) is 5.75 Å². The van der Waals surface area contributed by atoms with Crippen molar-refractivity contribution in [1.82, 2.24) is 19.6 Å². The molecule has 0 atom stereocenters. The number of benzene rings is 1. The molecular weight excluding hydrogens is 264 g/mol. The normalized spacial score (nSPS) is 11.0. The highest BCUT2D eigenvalue weighted by molar-refractivity contribution is 5.30. The summed E-state index contributed by atoms with van der Waals surface area (Å²) in [5.41, 5.74) is 1.92. The summed E-state index contributed by atoms with van der Waals surface area (Å²) in [6, 6.07) is 12.3. The maximum Gasteiger partial charge on any atom is 0.157 e. The lowest BCUT2D eigenvalue weighted by molar-refractivity contribution is 0.300. The van der Waals surface area contributed by atoms with Gasteiger partial charge in [0.1, 0.15) is 12.3 Å². The second-order valence-corrected chi connectivity index (χ2v) is 5.13. The Kier molecular flexibility index (Phi) is 3.73. The second kappa shape index (κ2) is 5.83. The molecule has 5 heteroatoms. The Hall–Kier alpha value is -2.56. The van der Waals surface area contributed by atoms with E-state index in [0.717, 1.165) is 17.1 Å². The van der Waals surface area contributed by atoms with Crippen molar-refractivity contribution in [3.63, 3.8) is 0 Å². The van der Waals surface area contributed by atoms with Crippen LogP contribution in [0.2, 0.25) is 0 Å². The molecule has 0 bridgehead atoms. The van der Waals surface area contributed by atoms with Gasteiger partial charge >= 0.3 is 0 Å². The van der Waals surface area contributed by atoms with Crippen molar-refractivity contribution in [2.75, 3.05) is 0 Å². The van der Waals surface area contributed by atoms with E-state index in [2.05, 4.69) is 24.0 Å². The Bertz CT molecular complexity index is 700. The number of hydrogen-bond donors (Lipinski definition) is 0. The summed E-state index contributed by atoms with van der Waals surface area (Å²) >= 11 is 0. The molecule has 0 fully saturated rings. The van der Waals surface area contributed by atoms with Gasteiger partial charge in [0.2, 0.25) is 0 Å². The summed E-state index contributed by atoms with van der Waals surface area (Å²) in [6.07, 6.45) is 5.57. The van der Waals surface area contributed by atoms with Gasteiger partial charge in [-0.25, -0.2) is 4.68 Å². The SMILES string of the molecule is CC(C)n1cc(OCc2ccn(-c3ccccc3)n2)cn1. The molecule has 0 radical (unpaired) electrons. The molecule has 0 N–H and O–H groups in total. The van der Waals surface area contributed by atoms with Gasteiger partial charge in [-0.15, -0.1) is 0 Å². The molecule has 21 heavy (non-hydrogen) atoms. The van der Waals surface area contributed by atoms with Crippen LogP contribution in [-0.2, 0) is 6.61 Å². The van der Waals surface area contributed by atoms with Gasteiger partial charge in [0, 0.05) is 12.2 Å². The zero-order valence-electron chi connectivity index (χ0n) is 12.2. The average molecular weight is 282 g/mol. The van der Waals surface area contributed by atoms with Crippen LogP contribution in [0.4, 0.5) is 0 Å². The van der Waals surface area contributed by atoms with Gasteiger partial charge in [-0.2, -0.15) is 10.2 Å². The molecule has 0 spiro atoms. The first-order chi connectivity index (χ1) is 10.2. The monoisotopic (exact) mass is 282 g/mol. The first-order valence-electron chi connectivity index (χ1n) is 6.99. The minimum Gasteiger partial charge on any atom is -0.484 e. The van der Waals surface area contributed by atoms with Crippen LogP contribution in [0.15, 0.2) is 55.0 Å². The zero-order chi connectivity index (χ0) is 14.7. The summed E-state index contributed by atoms with van der Waals surface area (Å²) in [6.45, 7) is 4.60. The van der Waals surface area contributed by atoms with E-state index in [4.69, 9.17) is 4.74 Å². The molecule has 108 valence electrons. The van der Waals surface area contributed by atoms with Crippen molar-refractivity contribution in [1.29, 1.82) is 0 Å². The summed E-state index contributed by atoms with van der Waals surface area (Å²) < 4.78 is 9.43. The van der Waals surface area contributed by atoms with Gasteiger partial charge in [0.05, 0.1) is 18.1 Å². The lowest BCUT2D eigenvalue weighted by Crippen LogP contribution is -2.00.